The molecule has 0 aliphatic carbocycles. The zero-order chi connectivity index (χ0) is 14.7. The number of hydrogen-bond donors (Lipinski definition) is 2. The average molecular weight is 281 g/mol. The lowest BCUT2D eigenvalue weighted by molar-refractivity contribution is -0.132. The molecule has 8 nitrogen and oxygen atoms in total. The lowest BCUT2D eigenvalue weighted by Crippen LogP contribution is -2.57. The maximum Gasteiger partial charge on any atom is 0.319 e. The highest BCUT2D eigenvalue weighted by Gasteiger charge is 2.33. The van der Waals surface area contributed by atoms with Crippen molar-refractivity contribution < 1.29 is 14.0 Å². The Morgan fingerprint density at radius 1 is 1.50 bits per heavy atom. The Kier molecular flexibility index (Phi) is 4.33. The molecule has 20 heavy (non-hydrogen) atoms. The predicted molar refractivity (Wildman–Crippen MR) is 71.0 cm³/mol. The van der Waals surface area contributed by atoms with Crippen LogP contribution in [0.25, 0.3) is 0 Å². The van der Waals surface area contributed by atoms with Crippen LogP contribution in [0.3, 0.4) is 0 Å². The molecule has 2 heterocycles. The molecular formula is C12H19N5O3. The third-order valence-corrected chi connectivity index (χ3v) is 3.17. The molecule has 2 rings (SSSR count). The quantitative estimate of drug-likeness (QED) is 0.731. The number of carbonyl (C=O) groups excluding carboxylic acids is 2. The minimum atomic E-state index is -0.514. The van der Waals surface area contributed by atoms with E-state index in [0.717, 1.165) is 13.0 Å². The molecule has 2 unspecified atom stereocenters. The standard InChI is InChI=1S/C12H19N5O3/c1-4-5-13-7(2)11-15-16-12(20-11)17-6-9(18)14-10(19)8(17)3/h7-8,13H,4-6H2,1-3H3,(H,14,18,19). The van der Waals surface area contributed by atoms with Crippen LogP contribution in [-0.4, -0.2) is 41.1 Å². The summed E-state index contributed by atoms with van der Waals surface area (Å²) < 4.78 is 5.56. The molecule has 1 saturated heterocycles. The molecule has 0 radical (unpaired) electrons. The maximum atomic E-state index is 11.6. The zero-order valence-electron chi connectivity index (χ0n) is 11.8. The smallest absolute Gasteiger partial charge is 0.319 e. The Morgan fingerprint density at radius 3 is 2.95 bits per heavy atom. The maximum absolute atomic E-state index is 11.6. The number of rotatable bonds is 5. The van der Waals surface area contributed by atoms with Gasteiger partial charge in [-0.1, -0.05) is 12.0 Å². The summed E-state index contributed by atoms with van der Waals surface area (Å²) in [6, 6.07) is -0.387. The van der Waals surface area contributed by atoms with Gasteiger partial charge in [0.1, 0.15) is 12.6 Å². The molecule has 1 aromatic rings. The van der Waals surface area contributed by atoms with Crippen LogP contribution in [0.5, 0.6) is 0 Å². The second-order valence-corrected chi connectivity index (χ2v) is 4.81. The van der Waals surface area contributed by atoms with Crippen LogP contribution in [0.4, 0.5) is 6.01 Å². The van der Waals surface area contributed by atoms with E-state index in [1.807, 2.05) is 6.92 Å². The molecular weight excluding hydrogens is 262 g/mol. The molecule has 1 aliphatic heterocycles. The van der Waals surface area contributed by atoms with Crippen LogP contribution < -0.4 is 15.5 Å². The van der Waals surface area contributed by atoms with E-state index in [2.05, 4.69) is 27.8 Å². The Morgan fingerprint density at radius 2 is 2.25 bits per heavy atom. The zero-order valence-corrected chi connectivity index (χ0v) is 11.8. The number of nitrogens with one attached hydrogen (secondary N) is 2. The van der Waals surface area contributed by atoms with Gasteiger partial charge in [-0.05, 0) is 26.8 Å². The molecule has 2 amide bonds. The van der Waals surface area contributed by atoms with Crippen LogP contribution in [0.1, 0.15) is 39.1 Å². The minimum absolute atomic E-state index is 0.0330. The number of piperazine rings is 1. The molecule has 0 bridgehead atoms. The molecule has 1 aliphatic rings. The van der Waals surface area contributed by atoms with E-state index < -0.39 is 6.04 Å². The number of anilines is 1. The average Bonchev–Trinajstić information content (AvgIpc) is 2.89. The summed E-state index contributed by atoms with van der Waals surface area (Å²) in [6.45, 7) is 6.55. The van der Waals surface area contributed by atoms with Gasteiger partial charge in [-0.25, -0.2) is 0 Å². The molecule has 110 valence electrons. The van der Waals surface area contributed by atoms with Gasteiger partial charge in [-0.3, -0.25) is 14.9 Å². The van der Waals surface area contributed by atoms with Crippen LogP contribution >= 0.6 is 0 Å². The van der Waals surface area contributed by atoms with Crippen molar-refractivity contribution in [3.63, 3.8) is 0 Å². The first-order valence-electron chi connectivity index (χ1n) is 6.70. The van der Waals surface area contributed by atoms with E-state index in [-0.39, 0.29) is 30.4 Å². The second kappa shape index (κ2) is 6.00. The topological polar surface area (TPSA) is 100 Å². The van der Waals surface area contributed by atoms with Gasteiger partial charge in [0.2, 0.25) is 17.7 Å². The number of amides is 2. The summed E-state index contributed by atoms with van der Waals surface area (Å²) in [5.41, 5.74) is 0. The highest BCUT2D eigenvalue weighted by atomic mass is 16.4. The molecule has 2 N–H and O–H groups in total. The normalized spacial score (nSPS) is 20.9. The summed E-state index contributed by atoms with van der Waals surface area (Å²) in [5.74, 6) is -0.290. The first-order chi connectivity index (χ1) is 9.52. The second-order valence-electron chi connectivity index (χ2n) is 4.81. The van der Waals surface area contributed by atoms with Crippen molar-refractivity contribution in [1.82, 2.24) is 20.8 Å². The lowest BCUT2D eigenvalue weighted by Gasteiger charge is -2.29. The number of hydrogen-bond acceptors (Lipinski definition) is 7. The Balaban J connectivity index is 2.11. The van der Waals surface area contributed by atoms with Crippen LogP contribution in [0.2, 0.25) is 0 Å². The minimum Gasteiger partial charge on any atom is -0.406 e. The van der Waals surface area contributed by atoms with Gasteiger partial charge in [0.15, 0.2) is 0 Å². The van der Waals surface area contributed by atoms with E-state index in [4.69, 9.17) is 4.42 Å². The summed E-state index contributed by atoms with van der Waals surface area (Å²) in [4.78, 5) is 24.5. The Hall–Kier alpha value is -1.96. The number of imide groups is 1. The van der Waals surface area contributed by atoms with Gasteiger partial charge < -0.3 is 14.6 Å². The molecule has 2 atom stereocenters. The van der Waals surface area contributed by atoms with Gasteiger partial charge in [-0.15, -0.1) is 5.10 Å². The lowest BCUT2D eigenvalue weighted by atomic mass is 10.2. The number of nitrogens with zero attached hydrogens (tertiary/aromatic N) is 3. The first kappa shape index (κ1) is 14.4. The predicted octanol–water partition coefficient (Wildman–Crippen LogP) is -0.0185. The van der Waals surface area contributed by atoms with E-state index in [9.17, 15) is 9.59 Å². The van der Waals surface area contributed by atoms with E-state index >= 15 is 0 Å². The molecule has 0 spiro atoms. The van der Waals surface area contributed by atoms with Crippen molar-refractivity contribution in [3.8, 4) is 0 Å². The van der Waals surface area contributed by atoms with Crippen molar-refractivity contribution in [2.24, 2.45) is 0 Å². The van der Waals surface area contributed by atoms with Crippen molar-refractivity contribution >= 4 is 17.8 Å². The summed E-state index contributed by atoms with van der Waals surface area (Å²) in [6.07, 6.45) is 1.00. The van der Waals surface area contributed by atoms with Crippen LogP contribution in [0.15, 0.2) is 4.42 Å². The van der Waals surface area contributed by atoms with Crippen molar-refractivity contribution in [1.29, 1.82) is 0 Å². The SMILES string of the molecule is CCCNC(C)c1nnc(N2CC(=O)NC(=O)C2C)o1. The van der Waals surface area contributed by atoms with Gasteiger partial charge in [-0.2, -0.15) is 0 Å². The molecule has 0 aromatic carbocycles. The van der Waals surface area contributed by atoms with E-state index in [1.54, 1.807) is 6.92 Å². The van der Waals surface area contributed by atoms with Gasteiger partial charge in [0.05, 0.1) is 6.04 Å². The summed E-state index contributed by atoms with van der Waals surface area (Å²) >= 11 is 0. The van der Waals surface area contributed by atoms with E-state index in [0.29, 0.717) is 5.89 Å². The molecule has 1 aromatic heterocycles. The van der Waals surface area contributed by atoms with Crippen LogP contribution in [-0.2, 0) is 9.59 Å². The fraction of sp³-hybridized carbons (Fsp3) is 0.667. The van der Waals surface area contributed by atoms with E-state index in [1.165, 1.54) is 4.90 Å². The molecule has 0 saturated carbocycles. The highest BCUT2D eigenvalue weighted by molar-refractivity contribution is 6.03. The summed E-state index contributed by atoms with van der Waals surface area (Å²) in [7, 11) is 0. The first-order valence-corrected chi connectivity index (χ1v) is 6.70. The third-order valence-electron chi connectivity index (χ3n) is 3.17. The molecule has 1 fully saturated rings. The number of aromatic nitrogens is 2. The fourth-order valence-electron chi connectivity index (χ4n) is 1.91. The fourth-order valence-corrected chi connectivity index (χ4v) is 1.91. The van der Waals surface area contributed by atoms with Gasteiger partial charge in [0.25, 0.3) is 0 Å². The van der Waals surface area contributed by atoms with Crippen molar-refractivity contribution in [3.05, 3.63) is 5.89 Å². The Labute approximate surface area is 116 Å². The Bertz CT molecular complexity index is 501. The van der Waals surface area contributed by atoms with Crippen molar-refractivity contribution in [2.45, 2.75) is 39.3 Å². The molecule has 8 heteroatoms. The third kappa shape index (κ3) is 2.96. The van der Waals surface area contributed by atoms with Crippen LogP contribution in [0, 0.1) is 0 Å². The summed E-state index contributed by atoms with van der Waals surface area (Å²) in [5, 5.41) is 13.4. The van der Waals surface area contributed by atoms with Gasteiger partial charge >= 0.3 is 6.01 Å². The monoisotopic (exact) mass is 281 g/mol. The van der Waals surface area contributed by atoms with Gasteiger partial charge in [0, 0.05) is 0 Å². The highest BCUT2D eigenvalue weighted by Crippen LogP contribution is 2.20. The largest absolute Gasteiger partial charge is 0.406 e. The van der Waals surface area contributed by atoms with Crippen molar-refractivity contribution in [2.75, 3.05) is 18.0 Å². The number of carbonyl (C=O) groups is 2.